The van der Waals surface area contributed by atoms with E-state index >= 15 is 0 Å². The van der Waals surface area contributed by atoms with Gasteiger partial charge in [0.05, 0.1) is 11.1 Å². The molecule has 1 aliphatic rings. The number of phosphoric ester groups is 1. The normalized spacial score (nSPS) is 23.8. The van der Waals surface area contributed by atoms with E-state index in [2.05, 4.69) is 4.98 Å². The van der Waals surface area contributed by atoms with Crippen LogP contribution in [0.25, 0.3) is 0 Å². The third-order valence-electron chi connectivity index (χ3n) is 5.38. The third kappa shape index (κ3) is 7.78. The number of hydrogen-bond acceptors (Lipinski definition) is 11. The Hall–Kier alpha value is -3.45. The molecule has 5 unspecified atom stereocenters. The molecule has 5 atom stereocenters. The third-order valence-corrected chi connectivity index (χ3v) is 5.90. The monoisotopic (exact) mass is 551 g/mol. The molecule has 0 bridgehead atoms. The molecule has 1 fully saturated rings. The lowest BCUT2D eigenvalue weighted by atomic mass is 9.99. The van der Waals surface area contributed by atoms with Crippen LogP contribution in [0.1, 0.15) is 34.6 Å². The molecule has 0 radical (unpaired) electrons. The van der Waals surface area contributed by atoms with Crippen LogP contribution in [0.4, 0.5) is 0 Å². The molecule has 0 saturated carbocycles. The number of hydrogen-bond donors (Lipinski definition) is 3. The molecule has 1 aromatic heterocycles. The van der Waals surface area contributed by atoms with Gasteiger partial charge in [-0.2, -0.15) is 0 Å². The molecular weight excluding hydrogens is 525 g/mol. The van der Waals surface area contributed by atoms with Gasteiger partial charge in [-0.05, 0) is 38.1 Å². The molecule has 1 aromatic carbocycles. The first-order chi connectivity index (χ1) is 18.0. The van der Waals surface area contributed by atoms with Gasteiger partial charge in [-0.15, -0.1) is 0 Å². The highest BCUT2D eigenvalue weighted by atomic mass is 31.2. The van der Waals surface area contributed by atoms with E-state index in [1.807, 2.05) is 0 Å². The number of pyridine rings is 1. The van der Waals surface area contributed by atoms with Gasteiger partial charge in [-0.1, -0.05) is 24.3 Å². The maximum Gasteiger partial charge on any atom is 0.470 e. The van der Waals surface area contributed by atoms with Gasteiger partial charge in [0.2, 0.25) is 6.29 Å². The van der Waals surface area contributed by atoms with E-state index in [4.69, 9.17) is 23.5 Å². The number of nitrogens with zero attached hydrogens (tertiary/aromatic N) is 1. The van der Waals surface area contributed by atoms with Crippen molar-refractivity contribution >= 4 is 25.7 Å². The van der Waals surface area contributed by atoms with E-state index < -0.39 is 63.0 Å². The van der Waals surface area contributed by atoms with E-state index in [0.717, 1.165) is 0 Å². The highest BCUT2D eigenvalue weighted by molar-refractivity contribution is 7.46. The molecule has 3 N–H and O–H groups in total. The quantitative estimate of drug-likeness (QED) is 0.176. The summed E-state index contributed by atoms with van der Waals surface area (Å²) < 4.78 is 38.0. The van der Waals surface area contributed by atoms with Gasteiger partial charge < -0.3 is 33.8 Å². The molecule has 0 aliphatic carbocycles. The van der Waals surface area contributed by atoms with Crippen molar-refractivity contribution in [1.82, 2.24) is 4.98 Å². The maximum atomic E-state index is 12.8. The summed E-state index contributed by atoms with van der Waals surface area (Å²) in [7, 11) is -5.30. The number of aliphatic hydroxyl groups is 1. The van der Waals surface area contributed by atoms with Crippen molar-refractivity contribution in [3.63, 3.8) is 0 Å². The summed E-state index contributed by atoms with van der Waals surface area (Å²) in [5.41, 5.74) is 0.272. The Kier molecular flexibility index (Phi) is 9.86. The summed E-state index contributed by atoms with van der Waals surface area (Å²) in [5.74, 6) is -2.73. The number of aliphatic hydroxyl groups excluding tert-OH is 1. The van der Waals surface area contributed by atoms with Gasteiger partial charge in [0.1, 0.15) is 24.9 Å². The molecule has 13 nitrogen and oxygen atoms in total. The van der Waals surface area contributed by atoms with Crippen LogP contribution in [0, 0.1) is 0 Å². The predicted octanol–water partition coefficient (Wildman–Crippen LogP) is 1.54. The van der Waals surface area contributed by atoms with Crippen molar-refractivity contribution in [2.24, 2.45) is 0 Å². The van der Waals surface area contributed by atoms with Crippen LogP contribution in [-0.2, 0) is 32.8 Å². The second-order valence-corrected chi connectivity index (χ2v) is 9.24. The number of carbonyl (C=O) groups is 3. The minimum absolute atomic E-state index is 0.0190. The number of aromatic nitrogens is 1. The van der Waals surface area contributed by atoms with Crippen LogP contribution in [0.15, 0.2) is 66.5 Å². The Morgan fingerprint density at radius 3 is 2.29 bits per heavy atom. The number of phosphoric acid groups is 1. The van der Waals surface area contributed by atoms with Crippen molar-refractivity contribution in [1.29, 1.82) is 0 Å². The fourth-order valence-corrected chi connectivity index (χ4v) is 3.90. The van der Waals surface area contributed by atoms with Gasteiger partial charge in [0, 0.05) is 18.0 Å². The van der Waals surface area contributed by atoms with Crippen LogP contribution in [0.2, 0.25) is 0 Å². The van der Waals surface area contributed by atoms with E-state index in [0.29, 0.717) is 0 Å². The van der Waals surface area contributed by atoms with Crippen LogP contribution < -0.4 is 0 Å². The topological polar surface area (TPSA) is 188 Å². The highest BCUT2D eigenvalue weighted by Gasteiger charge is 2.52. The van der Waals surface area contributed by atoms with E-state index in [1.54, 1.807) is 25.1 Å². The summed E-state index contributed by atoms with van der Waals surface area (Å²) >= 11 is 0. The molecular formula is C24H26NO12P. The van der Waals surface area contributed by atoms with E-state index in [1.165, 1.54) is 49.7 Å². The summed E-state index contributed by atoms with van der Waals surface area (Å²) in [6.45, 7) is 2.47. The number of carbonyl (C=O) groups excluding carboxylic acids is 3. The van der Waals surface area contributed by atoms with Gasteiger partial charge in [0.25, 0.3) is 0 Å². The van der Waals surface area contributed by atoms with Crippen LogP contribution in [-0.4, -0.2) is 75.1 Å². The van der Waals surface area contributed by atoms with Crippen LogP contribution in [0.5, 0.6) is 0 Å². The Labute approximate surface area is 217 Å². The molecule has 38 heavy (non-hydrogen) atoms. The van der Waals surface area contributed by atoms with Crippen molar-refractivity contribution in [3.8, 4) is 0 Å². The average Bonchev–Trinajstić information content (AvgIpc) is 2.90. The van der Waals surface area contributed by atoms with Gasteiger partial charge in [-0.25, -0.2) is 18.9 Å². The average molecular weight is 551 g/mol. The van der Waals surface area contributed by atoms with Gasteiger partial charge in [-0.3, -0.25) is 9.51 Å². The highest BCUT2D eigenvalue weighted by Crippen LogP contribution is 2.42. The molecule has 2 heterocycles. The van der Waals surface area contributed by atoms with Crippen LogP contribution >= 0.6 is 7.82 Å². The first-order valence-electron chi connectivity index (χ1n) is 11.2. The molecule has 0 amide bonds. The fraction of sp³-hybridized carbons (Fsp3) is 0.333. The van der Waals surface area contributed by atoms with Crippen molar-refractivity contribution in [2.45, 2.75) is 44.6 Å². The van der Waals surface area contributed by atoms with Gasteiger partial charge >= 0.3 is 25.7 Å². The zero-order valence-corrected chi connectivity index (χ0v) is 21.2. The zero-order valence-electron chi connectivity index (χ0n) is 20.3. The van der Waals surface area contributed by atoms with E-state index in [-0.39, 0.29) is 16.7 Å². The predicted molar refractivity (Wildman–Crippen MR) is 127 cm³/mol. The lowest BCUT2D eigenvalue weighted by molar-refractivity contribution is -0.282. The number of benzene rings is 1. The number of ether oxygens (including phenoxy) is 4. The smallest absolute Gasteiger partial charge is 0.459 e. The summed E-state index contributed by atoms with van der Waals surface area (Å²) in [4.78, 5) is 60.5. The summed E-state index contributed by atoms with van der Waals surface area (Å²) in [6.07, 6.45) is -4.98. The van der Waals surface area contributed by atoms with Crippen molar-refractivity contribution in [3.05, 3.63) is 77.6 Å². The minimum atomic E-state index is -5.30. The molecule has 204 valence electrons. The first-order valence-corrected chi connectivity index (χ1v) is 12.8. The molecule has 2 aromatic rings. The second kappa shape index (κ2) is 12.9. The standard InChI is InChI=1S/C24H26NO12P/c1-3-14(2)21(27)33-13-17-18(26)19(37-38(30,31)32)20(35-22(28)15-8-5-4-6-9-15)24(34-17)36-23(29)16-10-7-11-25-12-16/h3-12,17-20,24,26H,13H2,1-2H3,(H2,30,31,32)/b14-3+. The number of allylic oxidation sites excluding steroid dienone is 1. The number of rotatable bonds is 9. The molecule has 0 spiro atoms. The largest absolute Gasteiger partial charge is 0.470 e. The lowest BCUT2D eigenvalue weighted by Crippen LogP contribution is -2.61. The lowest BCUT2D eigenvalue weighted by Gasteiger charge is -2.42. The number of esters is 3. The summed E-state index contributed by atoms with van der Waals surface area (Å²) in [5, 5.41) is 10.9. The Morgan fingerprint density at radius 1 is 1.03 bits per heavy atom. The SMILES string of the molecule is C/C=C(\C)C(=O)OCC1OC(OC(=O)c2cccnc2)C(OC(=O)c2ccccc2)C(OP(=O)(O)O)C1O. The summed E-state index contributed by atoms with van der Waals surface area (Å²) in [6, 6.07) is 10.4. The van der Waals surface area contributed by atoms with Crippen molar-refractivity contribution < 1.29 is 57.3 Å². The zero-order chi connectivity index (χ0) is 27.9. The van der Waals surface area contributed by atoms with Gasteiger partial charge in [0.15, 0.2) is 6.10 Å². The van der Waals surface area contributed by atoms with Crippen LogP contribution in [0.3, 0.4) is 0 Å². The van der Waals surface area contributed by atoms with E-state index in [9.17, 15) is 33.8 Å². The Morgan fingerprint density at radius 2 is 1.68 bits per heavy atom. The Balaban J connectivity index is 1.94. The Bertz CT molecular complexity index is 1200. The fourth-order valence-electron chi connectivity index (χ4n) is 3.34. The molecule has 14 heteroatoms. The molecule has 3 rings (SSSR count). The first kappa shape index (κ1) is 29.1. The molecule has 1 aliphatic heterocycles. The maximum absolute atomic E-state index is 12.8. The second-order valence-electron chi connectivity index (χ2n) is 8.05. The molecule has 1 saturated heterocycles. The van der Waals surface area contributed by atoms with Crippen molar-refractivity contribution in [2.75, 3.05) is 6.61 Å². The minimum Gasteiger partial charge on any atom is -0.459 e.